The predicted molar refractivity (Wildman–Crippen MR) is 184 cm³/mol. The summed E-state index contributed by atoms with van der Waals surface area (Å²) in [6, 6.07) is 58.2. The van der Waals surface area contributed by atoms with Gasteiger partial charge in [0.1, 0.15) is 0 Å². The standard InChI is InChI=1S/C41H27BN2/c1-3-15-27(16-4-1)37-29-19-7-8-20-30(29)39-38(37)31-21-9-13-25-35(31)44-36-26-14-11-23-33(36)41-40(42(39)44)32-22-10-12-24-34(32)43(41)28-17-5-2-6-18-28/h1-26,37H. The normalized spacial score (nSPS) is 15.8. The van der Waals surface area contributed by atoms with E-state index < -0.39 is 0 Å². The second kappa shape index (κ2) is 8.98. The van der Waals surface area contributed by atoms with Crippen LogP contribution in [0.4, 0.5) is 11.4 Å². The lowest BCUT2D eigenvalue weighted by Gasteiger charge is -2.43. The Balaban J connectivity index is 1.39. The van der Waals surface area contributed by atoms with Gasteiger partial charge >= 0.3 is 6.85 Å². The molecular formula is C41H27BN2. The van der Waals surface area contributed by atoms with Gasteiger partial charge in [-0.2, -0.15) is 0 Å². The highest BCUT2D eigenvalue weighted by Gasteiger charge is 2.50. The van der Waals surface area contributed by atoms with E-state index in [-0.39, 0.29) is 12.8 Å². The van der Waals surface area contributed by atoms with E-state index in [1.807, 2.05) is 0 Å². The van der Waals surface area contributed by atoms with Gasteiger partial charge in [-0.1, -0.05) is 127 Å². The second-order valence-electron chi connectivity index (χ2n) is 12.0. The Morgan fingerprint density at radius 2 is 1.09 bits per heavy atom. The van der Waals surface area contributed by atoms with Gasteiger partial charge in [0.15, 0.2) is 0 Å². The molecule has 0 bridgehead atoms. The van der Waals surface area contributed by atoms with Crippen LogP contribution in [0.25, 0.3) is 38.9 Å². The van der Waals surface area contributed by atoms with Crippen molar-refractivity contribution in [1.29, 1.82) is 0 Å². The Morgan fingerprint density at radius 3 is 1.89 bits per heavy atom. The van der Waals surface area contributed by atoms with Crippen molar-refractivity contribution >= 4 is 45.6 Å². The molecule has 7 aromatic rings. The topological polar surface area (TPSA) is 8.17 Å². The number of anilines is 2. The van der Waals surface area contributed by atoms with Gasteiger partial charge in [0.25, 0.3) is 0 Å². The van der Waals surface area contributed by atoms with Gasteiger partial charge in [0.05, 0.1) is 11.2 Å². The molecule has 0 saturated carbocycles. The third kappa shape index (κ3) is 3.06. The van der Waals surface area contributed by atoms with Crippen molar-refractivity contribution in [3.8, 4) is 16.9 Å². The molecule has 6 aromatic carbocycles. The smallest absolute Gasteiger partial charge is 0.331 e. The summed E-state index contributed by atoms with van der Waals surface area (Å²) in [4.78, 5) is 2.64. The highest BCUT2D eigenvalue weighted by Crippen LogP contribution is 2.59. The maximum absolute atomic E-state index is 2.64. The van der Waals surface area contributed by atoms with Gasteiger partial charge < -0.3 is 9.38 Å². The Hall–Kier alpha value is -5.54. The molecular weight excluding hydrogens is 531 g/mol. The Bertz CT molecular complexity index is 2300. The largest absolute Gasteiger partial charge is 0.376 e. The van der Waals surface area contributed by atoms with Crippen LogP contribution in [0.5, 0.6) is 0 Å². The number of benzene rings is 6. The molecule has 3 heterocycles. The first-order valence-corrected chi connectivity index (χ1v) is 15.5. The highest BCUT2D eigenvalue weighted by atomic mass is 15.1. The summed E-state index contributed by atoms with van der Waals surface area (Å²) in [6.07, 6.45) is 0. The lowest BCUT2D eigenvalue weighted by molar-refractivity contribution is 1.06. The first-order valence-electron chi connectivity index (χ1n) is 15.5. The zero-order chi connectivity index (χ0) is 28.8. The van der Waals surface area contributed by atoms with E-state index in [1.54, 1.807) is 0 Å². The molecule has 3 aliphatic rings. The lowest BCUT2D eigenvalue weighted by atomic mass is 9.42. The lowest BCUT2D eigenvalue weighted by Crippen LogP contribution is -2.52. The van der Waals surface area contributed by atoms with Crippen LogP contribution < -0.4 is 10.3 Å². The van der Waals surface area contributed by atoms with Crippen molar-refractivity contribution in [2.24, 2.45) is 0 Å². The summed E-state index contributed by atoms with van der Waals surface area (Å²) in [5.74, 6) is 0.175. The number of hydrogen-bond acceptors (Lipinski definition) is 1. The minimum atomic E-state index is 0.0227. The quantitative estimate of drug-likeness (QED) is 0.192. The van der Waals surface area contributed by atoms with Crippen molar-refractivity contribution in [3.05, 3.63) is 180 Å². The molecule has 1 atom stereocenters. The SMILES string of the molecule is c1ccc(C2C3=C(B4c5c(n(-c6ccccc6)c6ccccc56)-c5ccccc5N4c4ccccc43)c3ccccc32)cc1. The number of hydrogen-bond donors (Lipinski definition) is 0. The average Bonchev–Trinajstić information content (AvgIpc) is 3.63. The summed E-state index contributed by atoms with van der Waals surface area (Å²) in [5.41, 5.74) is 17.2. The molecule has 44 heavy (non-hydrogen) atoms. The molecule has 0 radical (unpaired) electrons. The van der Waals surface area contributed by atoms with E-state index in [0.717, 1.165) is 0 Å². The predicted octanol–water partition coefficient (Wildman–Crippen LogP) is 9.26. The third-order valence-corrected chi connectivity index (χ3v) is 9.88. The van der Waals surface area contributed by atoms with Crippen molar-refractivity contribution in [3.63, 3.8) is 0 Å². The fraction of sp³-hybridized carbons (Fsp3) is 0.0244. The maximum Gasteiger partial charge on any atom is 0.331 e. The van der Waals surface area contributed by atoms with E-state index in [9.17, 15) is 0 Å². The number of nitrogens with zero attached hydrogens (tertiary/aromatic N) is 2. The molecule has 1 aromatic heterocycles. The zero-order valence-corrected chi connectivity index (χ0v) is 24.1. The molecule has 3 heteroatoms. The highest BCUT2D eigenvalue weighted by molar-refractivity contribution is 6.98. The number of aromatic nitrogens is 1. The van der Waals surface area contributed by atoms with Crippen LogP contribution in [0.2, 0.25) is 0 Å². The molecule has 204 valence electrons. The minimum Gasteiger partial charge on any atom is -0.376 e. The summed E-state index contributed by atoms with van der Waals surface area (Å²) >= 11 is 0. The van der Waals surface area contributed by atoms with E-state index in [2.05, 4.69) is 167 Å². The average molecular weight is 558 g/mol. The van der Waals surface area contributed by atoms with Gasteiger partial charge in [0, 0.05) is 34.1 Å². The number of allylic oxidation sites excluding steroid dienone is 1. The van der Waals surface area contributed by atoms with E-state index in [4.69, 9.17) is 0 Å². The molecule has 0 saturated heterocycles. The van der Waals surface area contributed by atoms with E-state index in [0.29, 0.717) is 0 Å². The summed E-state index contributed by atoms with van der Waals surface area (Å²) in [7, 11) is 0. The van der Waals surface area contributed by atoms with E-state index in [1.165, 1.54) is 78.0 Å². The monoisotopic (exact) mass is 558 g/mol. The Morgan fingerprint density at radius 1 is 0.500 bits per heavy atom. The molecule has 0 N–H and O–H groups in total. The van der Waals surface area contributed by atoms with Crippen LogP contribution >= 0.6 is 0 Å². The molecule has 0 amide bonds. The zero-order valence-electron chi connectivity index (χ0n) is 24.1. The van der Waals surface area contributed by atoms with Crippen LogP contribution in [0.15, 0.2) is 158 Å². The maximum atomic E-state index is 2.64. The first kappa shape index (κ1) is 24.0. The molecule has 0 fully saturated rings. The van der Waals surface area contributed by atoms with Crippen LogP contribution in [0.3, 0.4) is 0 Å². The van der Waals surface area contributed by atoms with Crippen LogP contribution in [-0.4, -0.2) is 11.4 Å². The number of para-hydroxylation sites is 4. The number of rotatable bonds is 2. The van der Waals surface area contributed by atoms with Gasteiger partial charge in [-0.15, -0.1) is 0 Å². The van der Waals surface area contributed by atoms with Gasteiger partial charge in [-0.25, -0.2) is 0 Å². The summed E-state index contributed by atoms with van der Waals surface area (Å²) in [6.45, 7) is 0.0227. The van der Waals surface area contributed by atoms with Crippen LogP contribution in [0.1, 0.15) is 28.2 Å². The Labute approximate surface area is 257 Å². The van der Waals surface area contributed by atoms with Crippen LogP contribution in [0, 0.1) is 0 Å². The molecule has 2 aliphatic heterocycles. The second-order valence-corrected chi connectivity index (χ2v) is 12.0. The van der Waals surface area contributed by atoms with Crippen molar-refractivity contribution in [2.75, 3.05) is 4.81 Å². The molecule has 10 rings (SSSR count). The minimum absolute atomic E-state index is 0.0227. The van der Waals surface area contributed by atoms with Crippen molar-refractivity contribution in [1.82, 2.24) is 4.57 Å². The summed E-state index contributed by atoms with van der Waals surface area (Å²) in [5, 5.41) is 1.31. The molecule has 1 unspecified atom stereocenters. The molecule has 1 aliphatic carbocycles. The van der Waals surface area contributed by atoms with E-state index >= 15 is 0 Å². The number of fused-ring (bicyclic) bond motifs is 14. The van der Waals surface area contributed by atoms with Gasteiger partial charge in [-0.05, 0) is 68.9 Å². The van der Waals surface area contributed by atoms with Gasteiger partial charge in [0.2, 0.25) is 0 Å². The Kier molecular flexibility index (Phi) is 4.89. The molecule has 0 spiro atoms. The fourth-order valence-electron chi connectivity index (χ4n) is 8.30. The fourth-order valence-corrected chi connectivity index (χ4v) is 8.30. The van der Waals surface area contributed by atoms with Crippen molar-refractivity contribution in [2.45, 2.75) is 5.92 Å². The molecule has 2 nitrogen and oxygen atoms in total. The van der Waals surface area contributed by atoms with Crippen LogP contribution in [-0.2, 0) is 0 Å². The third-order valence-electron chi connectivity index (χ3n) is 9.88. The summed E-state index contributed by atoms with van der Waals surface area (Å²) < 4.78 is 2.50. The van der Waals surface area contributed by atoms with Crippen molar-refractivity contribution < 1.29 is 0 Å². The first-order chi connectivity index (χ1) is 21.9. The van der Waals surface area contributed by atoms with Gasteiger partial charge in [-0.3, -0.25) is 0 Å².